The van der Waals surface area contributed by atoms with Crippen LogP contribution in [0.4, 0.5) is 0 Å². The zero-order valence-electron chi connectivity index (χ0n) is 14.2. The molecule has 0 saturated carbocycles. The van der Waals surface area contributed by atoms with E-state index in [-0.39, 0.29) is 6.61 Å². The second-order valence-corrected chi connectivity index (χ2v) is 5.91. The maximum Gasteiger partial charge on any atom is 0.187 e. The van der Waals surface area contributed by atoms with Crippen molar-refractivity contribution in [2.24, 2.45) is 0 Å². The van der Waals surface area contributed by atoms with Crippen LogP contribution in [-0.2, 0) is 23.7 Å². The Bertz CT molecular complexity index is 467. The summed E-state index contributed by atoms with van der Waals surface area (Å²) in [4.78, 5) is 0. The van der Waals surface area contributed by atoms with Crippen molar-refractivity contribution in [3.05, 3.63) is 24.5 Å². The summed E-state index contributed by atoms with van der Waals surface area (Å²) in [5.41, 5.74) is 0.629. The fourth-order valence-corrected chi connectivity index (χ4v) is 2.92. The Balaban J connectivity index is 2.20. The van der Waals surface area contributed by atoms with Gasteiger partial charge < -0.3 is 44.1 Å². The highest BCUT2D eigenvalue weighted by Crippen LogP contribution is 2.30. The minimum atomic E-state index is -1.53. The van der Waals surface area contributed by atoms with Gasteiger partial charge >= 0.3 is 0 Å². The lowest BCUT2D eigenvalue weighted by Gasteiger charge is -2.43. The molecule has 9 heteroatoms. The maximum atomic E-state index is 10.2. The molecular formula is C16H26O9. The first-order chi connectivity index (χ1) is 12.0. The van der Waals surface area contributed by atoms with Crippen molar-refractivity contribution < 1.29 is 44.1 Å². The van der Waals surface area contributed by atoms with Gasteiger partial charge in [-0.15, -0.1) is 0 Å². The molecule has 8 atom stereocenters. The summed E-state index contributed by atoms with van der Waals surface area (Å²) in [6.07, 6.45) is -5.70. The van der Waals surface area contributed by atoms with E-state index in [1.165, 1.54) is 20.5 Å². The van der Waals surface area contributed by atoms with Crippen LogP contribution >= 0.6 is 0 Å². The molecule has 2 heterocycles. The van der Waals surface area contributed by atoms with E-state index in [0.29, 0.717) is 5.57 Å². The van der Waals surface area contributed by atoms with Gasteiger partial charge in [0.15, 0.2) is 12.4 Å². The van der Waals surface area contributed by atoms with E-state index in [1.807, 2.05) is 0 Å². The van der Waals surface area contributed by atoms with Crippen molar-refractivity contribution in [2.45, 2.75) is 49.0 Å². The van der Waals surface area contributed by atoms with Gasteiger partial charge in [-0.25, -0.2) is 0 Å². The molecule has 0 aromatic rings. The lowest BCUT2D eigenvalue weighted by molar-refractivity contribution is -0.325. The first-order valence-corrected chi connectivity index (χ1v) is 7.94. The van der Waals surface area contributed by atoms with Crippen LogP contribution < -0.4 is 0 Å². The van der Waals surface area contributed by atoms with Crippen molar-refractivity contribution in [2.75, 3.05) is 27.4 Å². The highest BCUT2D eigenvalue weighted by atomic mass is 16.7. The molecule has 2 rings (SSSR count). The fraction of sp³-hybridized carbons (Fsp3) is 0.750. The molecule has 2 aliphatic rings. The van der Waals surface area contributed by atoms with Gasteiger partial charge in [0.25, 0.3) is 0 Å². The Morgan fingerprint density at radius 2 is 1.88 bits per heavy atom. The number of hydrogen-bond donors (Lipinski definition) is 4. The molecule has 1 fully saturated rings. The molecule has 0 aromatic heterocycles. The summed E-state index contributed by atoms with van der Waals surface area (Å²) in [6, 6.07) is 0. The third-order valence-corrected chi connectivity index (χ3v) is 4.33. The van der Waals surface area contributed by atoms with Crippen molar-refractivity contribution in [3.63, 3.8) is 0 Å². The third-order valence-electron chi connectivity index (χ3n) is 4.33. The molecule has 25 heavy (non-hydrogen) atoms. The Labute approximate surface area is 146 Å². The topological polar surface area (TPSA) is 127 Å². The van der Waals surface area contributed by atoms with Crippen LogP contribution in [0.25, 0.3) is 0 Å². The lowest BCUT2D eigenvalue weighted by Crippen LogP contribution is -2.61. The first kappa shape index (κ1) is 20.3. The monoisotopic (exact) mass is 362 g/mol. The van der Waals surface area contributed by atoms with E-state index in [4.69, 9.17) is 23.7 Å². The molecule has 144 valence electrons. The van der Waals surface area contributed by atoms with Crippen LogP contribution in [0.2, 0.25) is 0 Å². The standard InChI is InChI=1S/C16H26O9/c1-4-8-6-23-10(7-21-2)15(14(8)22-3)25-16-13(20)12(19)11(18)9(5-17)24-16/h4,6,9-20H,1,5,7H2,2-3H3/t9-,10-,11+,12+,13-,14-,15-,16+/m1/s1. The molecular weight excluding hydrogens is 336 g/mol. The second kappa shape index (κ2) is 9.06. The molecule has 2 aliphatic heterocycles. The number of rotatable bonds is 7. The van der Waals surface area contributed by atoms with Crippen LogP contribution in [0, 0.1) is 0 Å². The molecule has 0 amide bonds. The zero-order valence-corrected chi connectivity index (χ0v) is 14.2. The van der Waals surface area contributed by atoms with Gasteiger partial charge in [-0.05, 0) is 0 Å². The number of methoxy groups -OCH3 is 2. The molecule has 0 aliphatic carbocycles. The largest absolute Gasteiger partial charge is 0.492 e. The van der Waals surface area contributed by atoms with E-state index < -0.39 is 55.6 Å². The predicted octanol–water partition coefficient (Wildman–Crippen LogP) is -1.70. The van der Waals surface area contributed by atoms with Crippen LogP contribution in [0.5, 0.6) is 0 Å². The van der Waals surface area contributed by atoms with Gasteiger partial charge in [0.1, 0.15) is 36.6 Å². The SMILES string of the molecule is C=CC1=CO[C@H](COC)[C@@H](O[C@@H]2O[C@H](CO)[C@H](O)[C@H](O)[C@H]2O)[C@@H]1OC. The van der Waals surface area contributed by atoms with Crippen LogP contribution in [-0.4, -0.2) is 96.9 Å². The van der Waals surface area contributed by atoms with Crippen LogP contribution in [0.3, 0.4) is 0 Å². The van der Waals surface area contributed by atoms with E-state index >= 15 is 0 Å². The lowest BCUT2D eigenvalue weighted by atomic mass is 9.97. The summed E-state index contributed by atoms with van der Waals surface area (Å²) in [6.45, 7) is 3.34. The average molecular weight is 362 g/mol. The van der Waals surface area contributed by atoms with Gasteiger partial charge in [0.05, 0.1) is 19.5 Å². The van der Waals surface area contributed by atoms with Crippen molar-refractivity contribution >= 4 is 0 Å². The molecule has 0 radical (unpaired) electrons. The zero-order chi connectivity index (χ0) is 18.6. The number of hydrogen-bond acceptors (Lipinski definition) is 9. The highest BCUT2D eigenvalue weighted by molar-refractivity contribution is 5.24. The Morgan fingerprint density at radius 3 is 2.44 bits per heavy atom. The summed E-state index contributed by atoms with van der Waals surface area (Å²) in [5, 5.41) is 39.2. The van der Waals surface area contributed by atoms with Crippen LogP contribution in [0.1, 0.15) is 0 Å². The van der Waals surface area contributed by atoms with Gasteiger partial charge in [0, 0.05) is 19.8 Å². The molecule has 0 spiro atoms. The second-order valence-electron chi connectivity index (χ2n) is 5.91. The third kappa shape index (κ3) is 4.21. The predicted molar refractivity (Wildman–Crippen MR) is 84.5 cm³/mol. The summed E-state index contributed by atoms with van der Waals surface area (Å²) < 4.78 is 27.4. The number of aliphatic hydroxyl groups is 4. The molecule has 0 bridgehead atoms. The summed E-state index contributed by atoms with van der Waals surface area (Å²) >= 11 is 0. The van der Waals surface area contributed by atoms with Gasteiger partial charge in [-0.3, -0.25) is 0 Å². The summed E-state index contributed by atoms with van der Waals surface area (Å²) in [7, 11) is 2.99. The normalized spacial score (nSPS) is 41.8. The summed E-state index contributed by atoms with van der Waals surface area (Å²) in [5.74, 6) is 0. The van der Waals surface area contributed by atoms with Crippen molar-refractivity contribution in [1.82, 2.24) is 0 Å². The van der Waals surface area contributed by atoms with E-state index in [0.717, 1.165) is 0 Å². The molecule has 0 aromatic carbocycles. The highest BCUT2D eigenvalue weighted by Gasteiger charge is 2.47. The maximum absolute atomic E-state index is 10.2. The van der Waals surface area contributed by atoms with Gasteiger partial charge in [-0.1, -0.05) is 12.7 Å². The molecule has 0 unspecified atom stereocenters. The van der Waals surface area contributed by atoms with E-state index in [2.05, 4.69) is 6.58 Å². The van der Waals surface area contributed by atoms with Crippen molar-refractivity contribution in [1.29, 1.82) is 0 Å². The fourth-order valence-electron chi connectivity index (χ4n) is 2.92. The smallest absolute Gasteiger partial charge is 0.187 e. The van der Waals surface area contributed by atoms with Crippen LogP contribution in [0.15, 0.2) is 24.5 Å². The number of ether oxygens (including phenoxy) is 5. The Kier molecular flexibility index (Phi) is 7.35. The Morgan fingerprint density at radius 1 is 1.16 bits per heavy atom. The van der Waals surface area contributed by atoms with E-state index in [1.54, 1.807) is 6.08 Å². The van der Waals surface area contributed by atoms with Crippen molar-refractivity contribution in [3.8, 4) is 0 Å². The molecule has 4 N–H and O–H groups in total. The van der Waals surface area contributed by atoms with Gasteiger partial charge in [0.2, 0.25) is 0 Å². The molecule has 9 nitrogen and oxygen atoms in total. The van der Waals surface area contributed by atoms with E-state index in [9.17, 15) is 20.4 Å². The average Bonchev–Trinajstić information content (AvgIpc) is 2.63. The number of aliphatic hydroxyl groups excluding tert-OH is 4. The minimum absolute atomic E-state index is 0.183. The Hall–Kier alpha value is -1.04. The molecule has 1 saturated heterocycles. The van der Waals surface area contributed by atoms with Gasteiger partial charge in [-0.2, -0.15) is 0 Å². The quantitative estimate of drug-likeness (QED) is 0.419. The first-order valence-electron chi connectivity index (χ1n) is 7.94. The minimum Gasteiger partial charge on any atom is -0.492 e.